The van der Waals surface area contributed by atoms with Gasteiger partial charge < -0.3 is 15.1 Å². The van der Waals surface area contributed by atoms with Crippen molar-refractivity contribution in [2.45, 2.75) is 46.2 Å². The van der Waals surface area contributed by atoms with E-state index in [0.29, 0.717) is 17.3 Å². The highest BCUT2D eigenvalue weighted by atomic mass is 32.1. The summed E-state index contributed by atoms with van der Waals surface area (Å²) in [6.45, 7) is 6.49. The summed E-state index contributed by atoms with van der Waals surface area (Å²) in [5, 5.41) is 5.48. The molecule has 2 N–H and O–H groups in total. The van der Waals surface area contributed by atoms with E-state index in [-0.39, 0.29) is 22.4 Å². The van der Waals surface area contributed by atoms with E-state index in [1.165, 1.54) is 41.9 Å². The van der Waals surface area contributed by atoms with Gasteiger partial charge in [-0.05, 0) is 60.4 Å². The van der Waals surface area contributed by atoms with E-state index in [1.807, 2.05) is 0 Å². The van der Waals surface area contributed by atoms with E-state index in [0.717, 1.165) is 29.3 Å². The third-order valence-corrected chi connectivity index (χ3v) is 7.34. The summed E-state index contributed by atoms with van der Waals surface area (Å²) in [7, 11) is 0. The summed E-state index contributed by atoms with van der Waals surface area (Å²) in [5.41, 5.74) is -0.201. The number of hydrogen-bond donors (Lipinski definition) is 2. The average molecular weight is 491 g/mol. The zero-order chi connectivity index (χ0) is 24.7. The van der Waals surface area contributed by atoms with E-state index >= 15 is 0 Å². The molecule has 0 saturated carbocycles. The van der Waals surface area contributed by atoms with Crippen molar-refractivity contribution in [2.75, 3.05) is 10.6 Å². The zero-order valence-electron chi connectivity index (χ0n) is 19.0. The lowest BCUT2D eigenvalue weighted by atomic mass is 9.72. The Balaban J connectivity index is 1.71. The van der Waals surface area contributed by atoms with Crippen molar-refractivity contribution in [2.24, 2.45) is 11.3 Å². The summed E-state index contributed by atoms with van der Waals surface area (Å²) < 4.78 is 45.5. The number of para-hydroxylation sites is 1. The van der Waals surface area contributed by atoms with Gasteiger partial charge in [-0.15, -0.1) is 11.3 Å². The molecule has 1 aliphatic carbocycles. The number of hydrogen-bond acceptors (Lipinski definition) is 4. The van der Waals surface area contributed by atoms with Gasteiger partial charge in [0.2, 0.25) is 0 Å². The number of anilines is 2. The number of nitrogens with one attached hydrogen (secondary N) is 2. The SMILES string of the molecule is CC(C)(C)C1CCc2c(sc(NC(=O)c3ccco3)c2C(=O)Nc2ccccc2C(F)(F)F)C1. The van der Waals surface area contributed by atoms with Crippen molar-refractivity contribution < 1.29 is 27.2 Å². The standard InChI is InChI=1S/C25H25F3N2O3S/c1-24(2,3)14-10-11-15-19(13-14)34-23(30-21(31)18-9-6-12-33-18)20(15)22(32)29-17-8-5-4-7-16(17)25(26,27)28/h4-9,12,14H,10-11,13H2,1-3H3,(H,29,32)(H,30,31). The number of furan rings is 1. The first kappa shape index (κ1) is 24.1. The van der Waals surface area contributed by atoms with Crippen LogP contribution in [-0.4, -0.2) is 11.8 Å². The van der Waals surface area contributed by atoms with Crippen LogP contribution in [0.4, 0.5) is 23.9 Å². The van der Waals surface area contributed by atoms with Crippen LogP contribution >= 0.6 is 11.3 Å². The van der Waals surface area contributed by atoms with E-state index in [9.17, 15) is 22.8 Å². The number of carbonyl (C=O) groups is 2. The van der Waals surface area contributed by atoms with Crippen LogP contribution in [0, 0.1) is 11.3 Å². The van der Waals surface area contributed by atoms with Crippen molar-refractivity contribution in [3.63, 3.8) is 0 Å². The molecule has 0 spiro atoms. The van der Waals surface area contributed by atoms with Gasteiger partial charge in [-0.2, -0.15) is 13.2 Å². The van der Waals surface area contributed by atoms with Crippen LogP contribution in [0.2, 0.25) is 0 Å². The van der Waals surface area contributed by atoms with Gasteiger partial charge >= 0.3 is 6.18 Å². The molecule has 1 aromatic carbocycles. The van der Waals surface area contributed by atoms with E-state index in [4.69, 9.17) is 4.42 Å². The largest absolute Gasteiger partial charge is 0.459 e. The molecule has 0 saturated heterocycles. The fourth-order valence-corrected chi connectivity index (χ4v) is 5.57. The fraction of sp³-hybridized carbons (Fsp3) is 0.360. The van der Waals surface area contributed by atoms with Gasteiger partial charge in [-0.3, -0.25) is 9.59 Å². The first-order chi connectivity index (χ1) is 15.9. The van der Waals surface area contributed by atoms with Crippen molar-refractivity contribution in [3.05, 3.63) is 70.0 Å². The number of amides is 2. The lowest BCUT2D eigenvalue weighted by Gasteiger charge is -2.33. The molecule has 34 heavy (non-hydrogen) atoms. The smallest absolute Gasteiger partial charge is 0.418 e. The minimum Gasteiger partial charge on any atom is -0.459 e. The van der Waals surface area contributed by atoms with Gasteiger partial charge in [-0.25, -0.2) is 0 Å². The number of alkyl halides is 3. The summed E-state index contributed by atoms with van der Waals surface area (Å²) >= 11 is 1.30. The van der Waals surface area contributed by atoms with E-state index in [2.05, 4.69) is 31.4 Å². The molecule has 4 rings (SSSR count). The van der Waals surface area contributed by atoms with Crippen LogP contribution in [0.3, 0.4) is 0 Å². The van der Waals surface area contributed by atoms with Crippen molar-refractivity contribution in [1.29, 1.82) is 0 Å². The molecule has 2 heterocycles. The molecule has 180 valence electrons. The van der Waals surface area contributed by atoms with Gasteiger partial charge in [0.1, 0.15) is 5.00 Å². The molecule has 0 fully saturated rings. The van der Waals surface area contributed by atoms with Crippen LogP contribution in [0.5, 0.6) is 0 Å². The molecule has 0 radical (unpaired) electrons. The maximum atomic E-state index is 13.5. The maximum Gasteiger partial charge on any atom is 0.418 e. The van der Waals surface area contributed by atoms with Crippen LogP contribution < -0.4 is 10.6 Å². The molecule has 0 aliphatic heterocycles. The fourth-order valence-electron chi connectivity index (χ4n) is 4.25. The number of fused-ring (bicyclic) bond motifs is 1. The Morgan fingerprint density at radius 2 is 1.76 bits per heavy atom. The predicted molar refractivity (Wildman–Crippen MR) is 125 cm³/mol. The maximum absolute atomic E-state index is 13.5. The predicted octanol–water partition coefficient (Wildman–Crippen LogP) is 7.02. The molecule has 2 aromatic heterocycles. The van der Waals surface area contributed by atoms with Crippen LogP contribution in [0.1, 0.15) is 64.1 Å². The molecule has 1 aliphatic rings. The van der Waals surface area contributed by atoms with Gasteiger partial charge in [0.05, 0.1) is 23.1 Å². The second-order valence-electron chi connectivity index (χ2n) is 9.44. The Labute approximate surface area is 199 Å². The lowest BCUT2D eigenvalue weighted by molar-refractivity contribution is -0.136. The second kappa shape index (κ2) is 8.94. The average Bonchev–Trinajstić information content (AvgIpc) is 3.40. The van der Waals surface area contributed by atoms with Crippen LogP contribution in [0.15, 0.2) is 47.1 Å². The third-order valence-electron chi connectivity index (χ3n) is 6.17. The topological polar surface area (TPSA) is 71.3 Å². The molecule has 5 nitrogen and oxygen atoms in total. The molecule has 9 heteroatoms. The van der Waals surface area contributed by atoms with Crippen LogP contribution in [0.25, 0.3) is 0 Å². The number of benzene rings is 1. The summed E-state index contributed by atoms with van der Waals surface area (Å²) in [6, 6.07) is 7.92. The van der Waals surface area contributed by atoms with Crippen molar-refractivity contribution in [3.8, 4) is 0 Å². The first-order valence-corrected chi connectivity index (χ1v) is 11.7. The molecular formula is C25H25F3N2O3S. The number of carbonyl (C=O) groups excluding carboxylic acids is 2. The Kier molecular flexibility index (Phi) is 6.33. The van der Waals surface area contributed by atoms with Crippen molar-refractivity contribution in [1.82, 2.24) is 0 Å². The number of halogens is 3. The normalized spacial score (nSPS) is 16.1. The first-order valence-electron chi connectivity index (χ1n) is 10.9. The monoisotopic (exact) mass is 490 g/mol. The minimum atomic E-state index is -4.62. The Morgan fingerprint density at radius 3 is 2.41 bits per heavy atom. The summed E-state index contributed by atoms with van der Waals surface area (Å²) in [5.74, 6) is -0.749. The second-order valence-corrected chi connectivity index (χ2v) is 10.5. The molecule has 1 atom stereocenters. The molecule has 1 unspecified atom stereocenters. The highest BCUT2D eigenvalue weighted by Crippen LogP contribution is 2.45. The minimum absolute atomic E-state index is 0.0628. The highest BCUT2D eigenvalue weighted by molar-refractivity contribution is 7.17. The van der Waals surface area contributed by atoms with Gasteiger partial charge in [0.15, 0.2) is 5.76 Å². The molecule has 3 aromatic rings. The van der Waals surface area contributed by atoms with E-state index < -0.39 is 23.6 Å². The number of rotatable bonds is 4. The van der Waals surface area contributed by atoms with Crippen LogP contribution in [-0.2, 0) is 19.0 Å². The van der Waals surface area contributed by atoms with Gasteiger partial charge in [0, 0.05) is 4.88 Å². The summed E-state index contributed by atoms with van der Waals surface area (Å²) in [6.07, 6.45) is -1.07. The van der Waals surface area contributed by atoms with Gasteiger partial charge in [-0.1, -0.05) is 32.9 Å². The Morgan fingerprint density at radius 1 is 1.03 bits per heavy atom. The Bertz CT molecular complexity index is 1210. The molecular weight excluding hydrogens is 465 g/mol. The Hall–Kier alpha value is -3.07. The third kappa shape index (κ3) is 4.89. The van der Waals surface area contributed by atoms with Crippen molar-refractivity contribution >= 4 is 33.8 Å². The highest BCUT2D eigenvalue weighted by Gasteiger charge is 2.36. The zero-order valence-corrected chi connectivity index (χ0v) is 19.8. The molecule has 2 amide bonds. The number of thiophene rings is 1. The lowest BCUT2D eigenvalue weighted by Crippen LogP contribution is -2.27. The quantitative estimate of drug-likeness (QED) is 0.413. The van der Waals surface area contributed by atoms with E-state index in [1.54, 1.807) is 6.07 Å². The molecule has 0 bridgehead atoms. The van der Waals surface area contributed by atoms with Gasteiger partial charge in [0.25, 0.3) is 11.8 Å². The summed E-state index contributed by atoms with van der Waals surface area (Å²) in [4.78, 5) is 27.0.